The highest BCUT2D eigenvalue weighted by Crippen LogP contribution is 2.70. The second kappa shape index (κ2) is 8.47. The van der Waals surface area contributed by atoms with Gasteiger partial charge < -0.3 is 14.9 Å². The van der Waals surface area contributed by atoms with Gasteiger partial charge in [0.25, 0.3) is 0 Å². The Morgan fingerprint density at radius 2 is 1.85 bits per heavy atom. The summed E-state index contributed by atoms with van der Waals surface area (Å²) in [6, 6.07) is 0. The number of carbonyl (C=O) groups excluding carboxylic acids is 2. The van der Waals surface area contributed by atoms with Crippen molar-refractivity contribution in [3.05, 3.63) is 11.6 Å². The second-order valence-electron chi connectivity index (χ2n) is 11.6. The van der Waals surface area contributed by atoms with Crippen LogP contribution in [-0.4, -0.2) is 44.5 Å². The summed E-state index contributed by atoms with van der Waals surface area (Å²) in [5.41, 5.74) is -0.651. The summed E-state index contributed by atoms with van der Waals surface area (Å²) in [5.74, 6) is -1.14. The van der Waals surface area contributed by atoms with E-state index in [1.165, 1.54) is 0 Å². The second-order valence-corrected chi connectivity index (χ2v) is 12.6. The first-order valence-corrected chi connectivity index (χ1v) is 13.3. The molecule has 0 radical (unpaired) electrons. The molecule has 4 aliphatic carbocycles. The number of carboxylic acid groups (broad SMARTS) is 1. The molecular formula is C26H37BrO6. The van der Waals surface area contributed by atoms with Crippen LogP contribution in [0.15, 0.2) is 11.6 Å². The molecule has 0 aromatic rings. The number of aliphatic carboxylic acids is 1. The van der Waals surface area contributed by atoms with Crippen LogP contribution in [-0.2, 0) is 19.1 Å². The Hall–Kier alpha value is -1.21. The number of esters is 1. The van der Waals surface area contributed by atoms with Crippen LogP contribution < -0.4 is 0 Å². The summed E-state index contributed by atoms with van der Waals surface area (Å²) in [5, 5.41) is 21.0. The molecule has 184 valence electrons. The molecule has 0 bridgehead atoms. The number of halogens is 1. The summed E-state index contributed by atoms with van der Waals surface area (Å²) in [4.78, 5) is 36.9. The summed E-state index contributed by atoms with van der Waals surface area (Å²) in [6.45, 7) is 8.05. The van der Waals surface area contributed by atoms with Crippen molar-refractivity contribution in [3.63, 3.8) is 0 Å². The van der Waals surface area contributed by atoms with Gasteiger partial charge in [-0.25, -0.2) is 0 Å². The molecule has 0 aromatic carbocycles. The third kappa shape index (κ3) is 3.81. The van der Waals surface area contributed by atoms with Gasteiger partial charge in [-0.15, -0.1) is 0 Å². The van der Waals surface area contributed by atoms with Gasteiger partial charge in [-0.1, -0.05) is 29.8 Å². The van der Waals surface area contributed by atoms with Gasteiger partial charge >= 0.3 is 11.9 Å². The van der Waals surface area contributed by atoms with Crippen LogP contribution in [0.1, 0.15) is 79.1 Å². The zero-order valence-corrected chi connectivity index (χ0v) is 21.7. The topological polar surface area (TPSA) is 101 Å². The molecule has 7 heteroatoms. The van der Waals surface area contributed by atoms with E-state index in [0.717, 1.165) is 31.3 Å². The number of allylic oxidation sites excluding steroid dienone is 1. The van der Waals surface area contributed by atoms with Crippen molar-refractivity contribution in [2.75, 3.05) is 0 Å². The van der Waals surface area contributed by atoms with Crippen molar-refractivity contribution in [1.82, 2.24) is 0 Å². The van der Waals surface area contributed by atoms with Crippen molar-refractivity contribution >= 4 is 33.7 Å². The summed E-state index contributed by atoms with van der Waals surface area (Å²) in [7, 11) is 0. The highest BCUT2D eigenvalue weighted by molar-refractivity contribution is 9.09. The minimum absolute atomic E-state index is 0.00794. The van der Waals surface area contributed by atoms with E-state index in [1.54, 1.807) is 6.08 Å². The normalized spacial score (nSPS) is 44.5. The molecule has 2 N–H and O–H groups in total. The number of hydrogen-bond acceptors (Lipinski definition) is 5. The van der Waals surface area contributed by atoms with Crippen molar-refractivity contribution in [2.24, 2.45) is 34.5 Å². The number of ether oxygens (including phenoxy) is 1. The van der Waals surface area contributed by atoms with Crippen LogP contribution in [0, 0.1) is 34.5 Å². The summed E-state index contributed by atoms with van der Waals surface area (Å²) < 4.78 is 5.74. The average molecular weight is 525 g/mol. The van der Waals surface area contributed by atoms with Gasteiger partial charge in [0.2, 0.25) is 0 Å². The first-order valence-electron chi connectivity index (χ1n) is 12.4. The minimum atomic E-state index is -1.05. The zero-order chi connectivity index (χ0) is 24.3. The number of hydrogen-bond donors (Lipinski definition) is 2. The summed E-state index contributed by atoms with van der Waals surface area (Å²) >= 11 is 3.84. The Morgan fingerprint density at radius 1 is 1.18 bits per heavy atom. The SMILES string of the molecule is CC(C)OC(=O)[C@H]1[C@@H]2[C@H](CC[C@@]3(C)[C@H]2CC[C@]3(O)CCC(=O)O)[C@@]2(C)CCC(=O)C=C2[C@H]1Br. The Balaban J connectivity index is 1.78. The maximum atomic E-state index is 13.5. The van der Waals surface area contributed by atoms with Crippen LogP contribution in [0.25, 0.3) is 0 Å². The largest absolute Gasteiger partial charge is 0.481 e. The molecule has 6 nitrogen and oxygen atoms in total. The van der Waals surface area contributed by atoms with E-state index in [1.807, 2.05) is 13.8 Å². The van der Waals surface area contributed by atoms with Crippen LogP contribution in [0.4, 0.5) is 0 Å². The molecule has 0 heterocycles. The standard InChI is InChI=1S/C26H37BrO6/c1-14(2)33-23(31)21-20-16(24(3)9-5-15(28)13-18(24)22(21)27)6-10-25(4)17(20)7-11-26(25,32)12-8-19(29)30/h13-14,16-17,20-22,32H,5-12H2,1-4H3,(H,29,30)/t16-,17-,20+,21-,22+,24+,25-,26-/m0/s1. The van der Waals surface area contributed by atoms with E-state index < -0.39 is 22.9 Å². The van der Waals surface area contributed by atoms with Crippen molar-refractivity contribution in [2.45, 2.75) is 95.6 Å². The lowest BCUT2D eigenvalue weighted by Crippen LogP contribution is -2.61. The first kappa shape index (κ1) is 24.9. The Labute approximate surface area is 204 Å². The number of fused-ring (bicyclic) bond motifs is 5. The minimum Gasteiger partial charge on any atom is -0.481 e. The molecule has 0 spiro atoms. The predicted octanol–water partition coefficient (Wildman–Crippen LogP) is 4.67. The molecule has 33 heavy (non-hydrogen) atoms. The molecule has 0 aliphatic heterocycles. The van der Waals surface area contributed by atoms with Crippen LogP contribution in [0.3, 0.4) is 0 Å². The van der Waals surface area contributed by atoms with Gasteiger partial charge in [-0.05, 0) is 92.6 Å². The van der Waals surface area contributed by atoms with E-state index in [4.69, 9.17) is 4.74 Å². The van der Waals surface area contributed by atoms with Gasteiger partial charge in [-0.3, -0.25) is 14.4 Å². The molecule has 8 atom stereocenters. The predicted molar refractivity (Wildman–Crippen MR) is 127 cm³/mol. The highest BCUT2D eigenvalue weighted by atomic mass is 79.9. The van der Waals surface area contributed by atoms with Gasteiger partial charge in [0.15, 0.2) is 5.78 Å². The van der Waals surface area contributed by atoms with E-state index in [2.05, 4.69) is 29.8 Å². The van der Waals surface area contributed by atoms with Crippen LogP contribution >= 0.6 is 15.9 Å². The molecule has 3 saturated carbocycles. The van der Waals surface area contributed by atoms with E-state index in [9.17, 15) is 24.6 Å². The van der Waals surface area contributed by atoms with E-state index in [0.29, 0.717) is 12.8 Å². The van der Waals surface area contributed by atoms with E-state index >= 15 is 0 Å². The zero-order valence-electron chi connectivity index (χ0n) is 20.1. The Morgan fingerprint density at radius 3 is 2.48 bits per heavy atom. The fourth-order valence-electron chi connectivity index (χ4n) is 7.98. The maximum absolute atomic E-state index is 13.5. The monoisotopic (exact) mass is 524 g/mol. The Kier molecular flexibility index (Phi) is 6.39. The average Bonchev–Trinajstić information content (AvgIpc) is 2.99. The molecule has 0 saturated heterocycles. The highest BCUT2D eigenvalue weighted by Gasteiger charge is 2.67. The lowest BCUT2D eigenvalue weighted by Gasteiger charge is -2.62. The lowest BCUT2D eigenvalue weighted by molar-refractivity contribution is -0.172. The lowest BCUT2D eigenvalue weighted by atomic mass is 9.44. The molecule has 0 aromatic heterocycles. The maximum Gasteiger partial charge on any atom is 0.310 e. The molecular weight excluding hydrogens is 488 g/mol. The van der Waals surface area contributed by atoms with Crippen molar-refractivity contribution < 1.29 is 29.3 Å². The number of rotatable bonds is 5. The number of carbonyl (C=O) groups is 3. The number of alkyl halides is 1. The summed E-state index contributed by atoms with van der Waals surface area (Å²) in [6.07, 6.45) is 5.98. The first-order chi connectivity index (χ1) is 15.3. The number of carboxylic acids is 1. The molecule has 0 amide bonds. The van der Waals surface area contributed by atoms with Crippen molar-refractivity contribution in [1.29, 1.82) is 0 Å². The van der Waals surface area contributed by atoms with Gasteiger partial charge in [0.1, 0.15) is 0 Å². The quantitative estimate of drug-likeness (QED) is 0.400. The number of aliphatic hydroxyl groups is 1. The van der Waals surface area contributed by atoms with E-state index in [-0.39, 0.29) is 58.7 Å². The molecule has 0 unspecified atom stereocenters. The fraction of sp³-hybridized carbons (Fsp3) is 0.808. The van der Waals surface area contributed by atoms with Crippen LogP contribution in [0.2, 0.25) is 0 Å². The van der Waals surface area contributed by atoms with Gasteiger partial charge in [0.05, 0.1) is 22.5 Å². The smallest absolute Gasteiger partial charge is 0.310 e. The van der Waals surface area contributed by atoms with Gasteiger partial charge in [0, 0.05) is 12.8 Å². The molecule has 4 rings (SSSR count). The molecule has 4 aliphatic rings. The third-order valence-corrected chi connectivity index (χ3v) is 10.8. The third-order valence-electron chi connectivity index (χ3n) is 9.74. The van der Waals surface area contributed by atoms with Crippen LogP contribution in [0.5, 0.6) is 0 Å². The molecule has 3 fully saturated rings. The van der Waals surface area contributed by atoms with Gasteiger partial charge in [-0.2, -0.15) is 0 Å². The Bertz CT molecular complexity index is 882. The number of ketones is 1. The fourth-order valence-corrected chi connectivity index (χ4v) is 9.21. The van der Waals surface area contributed by atoms with Crippen molar-refractivity contribution in [3.8, 4) is 0 Å².